The summed E-state index contributed by atoms with van der Waals surface area (Å²) in [6.45, 7) is -0.120. The summed E-state index contributed by atoms with van der Waals surface area (Å²) in [4.78, 5) is 24.1. The van der Waals surface area contributed by atoms with Gasteiger partial charge in [-0.25, -0.2) is 0 Å². The molecule has 0 saturated heterocycles. The highest BCUT2D eigenvalue weighted by Gasteiger charge is 2.22. The summed E-state index contributed by atoms with van der Waals surface area (Å²) in [6.07, 6.45) is 0. The van der Waals surface area contributed by atoms with E-state index in [-0.39, 0.29) is 18.4 Å². The van der Waals surface area contributed by atoms with Crippen molar-refractivity contribution in [3.05, 3.63) is 77.3 Å². The van der Waals surface area contributed by atoms with Gasteiger partial charge < -0.3 is 20.1 Å². The quantitative estimate of drug-likeness (QED) is 0.671. The number of para-hydroxylation sites is 2. The van der Waals surface area contributed by atoms with Crippen LogP contribution in [0.15, 0.2) is 66.7 Å². The number of anilines is 2. The van der Waals surface area contributed by atoms with E-state index < -0.39 is 0 Å². The normalized spacial score (nSPS) is 12.4. The average molecular weight is 395 g/mol. The fraction of sp³-hybridized carbons (Fsp3) is 0.0476. The van der Waals surface area contributed by atoms with E-state index in [4.69, 9.17) is 21.1 Å². The average Bonchev–Trinajstić information content (AvgIpc) is 2.70. The van der Waals surface area contributed by atoms with Crippen LogP contribution in [0.3, 0.4) is 0 Å². The number of carbonyl (C=O) groups is 2. The van der Waals surface area contributed by atoms with Crippen LogP contribution in [0.5, 0.6) is 17.2 Å². The summed E-state index contributed by atoms with van der Waals surface area (Å²) in [7, 11) is 0. The van der Waals surface area contributed by atoms with Gasteiger partial charge in [-0.3, -0.25) is 9.59 Å². The number of carbonyl (C=O) groups excluding carboxylic acids is 2. The van der Waals surface area contributed by atoms with E-state index in [9.17, 15) is 9.59 Å². The minimum atomic E-state index is -0.340. The third-order valence-corrected chi connectivity index (χ3v) is 4.37. The Morgan fingerprint density at radius 3 is 2.61 bits per heavy atom. The Labute approximate surface area is 166 Å². The molecule has 6 nitrogen and oxygen atoms in total. The molecule has 0 bridgehead atoms. The lowest BCUT2D eigenvalue weighted by Crippen LogP contribution is -2.27. The molecule has 1 aliphatic rings. The highest BCUT2D eigenvalue weighted by molar-refractivity contribution is 6.32. The first-order valence-electron chi connectivity index (χ1n) is 8.49. The minimum Gasteiger partial charge on any atom is -0.481 e. The van der Waals surface area contributed by atoms with Crippen LogP contribution in [-0.4, -0.2) is 18.4 Å². The molecule has 1 aliphatic heterocycles. The molecule has 0 spiro atoms. The zero-order valence-electron chi connectivity index (χ0n) is 14.6. The van der Waals surface area contributed by atoms with E-state index in [2.05, 4.69) is 10.6 Å². The molecule has 0 fully saturated rings. The maximum atomic E-state index is 12.6. The van der Waals surface area contributed by atoms with Gasteiger partial charge in [0.2, 0.25) is 0 Å². The molecule has 28 heavy (non-hydrogen) atoms. The largest absolute Gasteiger partial charge is 0.481 e. The molecular formula is C21H15ClN2O4. The Balaban J connectivity index is 1.48. The number of hydrogen-bond acceptors (Lipinski definition) is 4. The van der Waals surface area contributed by atoms with Crippen molar-refractivity contribution in [1.82, 2.24) is 0 Å². The summed E-state index contributed by atoms with van der Waals surface area (Å²) in [5.41, 5.74) is 1.41. The summed E-state index contributed by atoms with van der Waals surface area (Å²) in [5, 5.41) is 6.01. The number of nitrogens with one attached hydrogen (secondary N) is 2. The summed E-state index contributed by atoms with van der Waals surface area (Å²) in [6, 6.07) is 19.1. The number of rotatable bonds is 4. The van der Waals surface area contributed by atoms with Gasteiger partial charge in [0.1, 0.15) is 11.5 Å². The molecule has 0 radical (unpaired) electrons. The lowest BCUT2D eigenvalue weighted by atomic mass is 10.1. The van der Waals surface area contributed by atoms with Crippen molar-refractivity contribution in [3.63, 3.8) is 0 Å². The predicted octanol–water partition coefficient (Wildman–Crippen LogP) is 4.72. The van der Waals surface area contributed by atoms with Gasteiger partial charge in [0, 0.05) is 5.69 Å². The molecule has 1 heterocycles. The van der Waals surface area contributed by atoms with Gasteiger partial charge in [0.05, 0.1) is 16.3 Å². The summed E-state index contributed by atoms with van der Waals surface area (Å²) in [5.74, 6) is 0.913. The molecule has 3 aromatic rings. The van der Waals surface area contributed by atoms with Crippen molar-refractivity contribution in [3.8, 4) is 17.2 Å². The molecule has 0 aromatic heterocycles. The van der Waals surface area contributed by atoms with E-state index in [1.165, 1.54) is 0 Å². The van der Waals surface area contributed by atoms with Crippen LogP contribution in [0.2, 0.25) is 5.02 Å². The number of hydrogen-bond donors (Lipinski definition) is 2. The van der Waals surface area contributed by atoms with Crippen LogP contribution in [0.1, 0.15) is 10.4 Å². The number of fused-ring (bicyclic) bond motifs is 1. The van der Waals surface area contributed by atoms with Crippen molar-refractivity contribution in [2.75, 3.05) is 17.2 Å². The standard InChI is InChI=1S/C21H15ClN2O4/c22-16-5-1-2-7-18(16)28-14-10-8-13(9-11-14)23-21(26)15-4-3-6-17-20(15)27-12-19(25)24-17/h1-11H,12H2,(H,23,26)(H,24,25). The molecule has 3 aromatic carbocycles. The van der Waals surface area contributed by atoms with Gasteiger partial charge in [0.15, 0.2) is 12.4 Å². The predicted molar refractivity (Wildman–Crippen MR) is 106 cm³/mol. The zero-order chi connectivity index (χ0) is 19.5. The Morgan fingerprint density at radius 1 is 1.04 bits per heavy atom. The molecule has 7 heteroatoms. The van der Waals surface area contributed by atoms with Crippen molar-refractivity contribution < 1.29 is 19.1 Å². The lowest BCUT2D eigenvalue weighted by molar-refractivity contribution is -0.118. The van der Waals surface area contributed by atoms with Gasteiger partial charge in [-0.05, 0) is 48.5 Å². The molecular weight excluding hydrogens is 380 g/mol. The topological polar surface area (TPSA) is 76.7 Å². The minimum absolute atomic E-state index is 0.120. The van der Waals surface area contributed by atoms with Crippen molar-refractivity contribution in [2.24, 2.45) is 0 Å². The summed E-state index contributed by atoms with van der Waals surface area (Å²) >= 11 is 6.09. The number of benzene rings is 3. The van der Waals surface area contributed by atoms with Crippen molar-refractivity contribution in [1.29, 1.82) is 0 Å². The SMILES string of the molecule is O=C1COc2c(cccc2C(=O)Nc2ccc(Oc3ccccc3Cl)cc2)N1. The van der Waals surface area contributed by atoms with Gasteiger partial charge in [-0.1, -0.05) is 29.8 Å². The Morgan fingerprint density at radius 2 is 1.82 bits per heavy atom. The maximum Gasteiger partial charge on any atom is 0.262 e. The van der Waals surface area contributed by atoms with Crippen LogP contribution in [0.25, 0.3) is 0 Å². The first-order chi connectivity index (χ1) is 13.6. The van der Waals surface area contributed by atoms with E-state index in [0.29, 0.717) is 39.2 Å². The molecule has 140 valence electrons. The monoisotopic (exact) mass is 394 g/mol. The Kier molecular flexibility index (Phi) is 4.87. The number of ether oxygens (including phenoxy) is 2. The van der Waals surface area contributed by atoms with Crippen molar-refractivity contribution in [2.45, 2.75) is 0 Å². The highest BCUT2D eigenvalue weighted by Crippen LogP contribution is 2.32. The van der Waals surface area contributed by atoms with Crippen LogP contribution in [0.4, 0.5) is 11.4 Å². The molecule has 2 N–H and O–H groups in total. The van der Waals surface area contributed by atoms with Gasteiger partial charge >= 0.3 is 0 Å². The third kappa shape index (κ3) is 3.77. The van der Waals surface area contributed by atoms with Crippen LogP contribution in [-0.2, 0) is 4.79 Å². The maximum absolute atomic E-state index is 12.6. The van der Waals surface area contributed by atoms with Crippen LogP contribution >= 0.6 is 11.6 Å². The van der Waals surface area contributed by atoms with Crippen molar-refractivity contribution >= 4 is 34.8 Å². The van der Waals surface area contributed by atoms with Gasteiger partial charge in [0.25, 0.3) is 11.8 Å². The fourth-order valence-corrected chi connectivity index (χ4v) is 2.93. The number of halogens is 1. The molecule has 0 unspecified atom stereocenters. The molecule has 4 rings (SSSR count). The van der Waals surface area contributed by atoms with E-state index in [1.807, 2.05) is 12.1 Å². The van der Waals surface area contributed by atoms with E-state index >= 15 is 0 Å². The second kappa shape index (κ2) is 7.62. The van der Waals surface area contributed by atoms with E-state index in [1.54, 1.807) is 54.6 Å². The second-order valence-electron chi connectivity index (χ2n) is 6.03. The van der Waals surface area contributed by atoms with Gasteiger partial charge in [-0.15, -0.1) is 0 Å². The second-order valence-corrected chi connectivity index (χ2v) is 6.44. The van der Waals surface area contributed by atoms with E-state index in [0.717, 1.165) is 0 Å². The lowest BCUT2D eigenvalue weighted by Gasteiger charge is -2.20. The summed E-state index contributed by atoms with van der Waals surface area (Å²) < 4.78 is 11.2. The van der Waals surface area contributed by atoms with Crippen LogP contribution in [0, 0.1) is 0 Å². The first kappa shape index (κ1) is 17.9. The Hall–Kier alpha value is -3.51. The molecule has 0 aliphatic carbocycles. The van der Waals surface area contributed by atoms with Gasteiger partial charge in [-0.2, -0.15) is 0 Å². The van der Waals surface area contributed by atoms with Crippen LogP contribution < -0.4 is 20.1 Å². The smallest absolute Gasteiger partial charge is 0.262 e. The molecule has 0 saturated carbocycles. The fourth-order valence-electron chi connectivity index (χ4n) is 2.75. The highest BCUT2D eigenvalue weighted by atomic mass is 35.5. The molecule has 2 amide bonds. The third-order valence-electron chi connectivity index (χ3n) is 4.06. The zero-order valence-corrected chi connectivity index (χ0v) is 15.3. The Bertz CT molecular complexity index is 1050. The first-order valence-corrected chi connectivity index (χ1v) is 8.87. The number of amides is 2. The molecule has 0 atom stereocenters.